The Hall–Kier alpha value is -1.14. The third-order valence-electron chi connectivity index (χ3n) is 2.63. The number of halogens is 5. The smallest absolute Gasteiger partial charge is 0.397 e. The Bertz CT molecular complexity index is 318. The van der Waals surface area contributed by atoms with Crippen LogP contribution in [0, 0.1) is 0 Å². The van der Waals surface area contributed by atoms with Crippen molar-refractivity contribution in [2.24, 2.45) is 0 Å². The molecule has 0 aliphatic heterocycles. The van der Waals surface area contributed by atoms with E-state index in [4.69, 9.17) is 0 Å². The van der Waals surface area contributed by atoms with Crippen molar-refractivity contribution >= 4 is 5.97 Å². The Balaban J connectivity index is 4.39. The molecule has 0 radical (unpaired) electrons. The molecule has 0 rings (SSSR count). The summed E-state index contributed by atoms with van der Waals surface area (Å²) in [6.45, 7) is 4.76. The molecule has 20 heavy (non-hydrogen) atoms. The van der Waals surface area contributed by atoms with Crippen molar-refractivity contribution in [1.29, 1.82) is 0 Å². The minimum Gasteiger partial charge on any atom is -0.397 e. The van der Waals surface area contributed by atoms with Crippen LogP contribution in [0.1, 0.15) is 45.4 Å². The Morgan fingerprint density at radius 1 is 1.25 bits per heavy atom. The van der Waals surface area contributed by atoms with Crippen molar-refractivity contribution in [2.75, 3.05) is 0 Å². The van der Waals surface area contributed by atoms with Gasteiger partial charge in [-0.2, -0.15) is 8.78 Å². The standard InChI is InChI=1S/C13H19F5O2/c1-3-5-6-7-8-10(14)12(15,16)9-13(17,18)20-11(19)4-2/h4,10H,2-3,5-9H2,1H3. The van der Waals surface area contributed by atoms with Gasteiger partial charge in [0.15, 0.2) is 6.17 Å². The van der Waals surface area contributed by atoms with Crippen molar-refractivity contribution in [3.8, 4) is 0 Å². The first kappa shape index (κ1) is 18.9. The molecule has 0 saturated carbocycles. The second kappa shape index (κ2) is 8.21. The fourth-order valence-corrected chi connectivity index (χ4v) is 1.57. The summed E-state index contributed by atoms with van der Waals surface area (Å²) >= 11 is 0. The van der Waals surface area contributed by atoms with Crippen LogP contribution in [0.3, 0.4) is 0 Å². The van der Waals surface area contributed by atoms with Crippen LogP contribution in [-0.2, 0) is 9.53 Å². The lowest BCUT2D eigenvalue weighted by molar-refractivity contribution is -0.262. The molecule has 0 bridgehead atoms. The summed E-state index contributed by atoms with van der Waals surface area (Å²) in [4.78, 5) is 10.6. The summed E-state index contributed by atoms with van der Waals surface area (Å²) in [5.41, 5.74) is 0. The minimum atomic E-state index is -4.43. The number of hydrogen-bond donors (Lipinski definition) is 0. The molecular weight excluding hydrogens is 283 g/mol. The molecule has 0 saturated heterocycles. The van der Waals surface area contributed by atoms with E-state index in [9.17, 15) is 26.7 Å². The number of hydrogen-bond acceptors (Lipinski definition) is 2. The maximum absolute atomic E-state index is 13.3. The van der Waals surface area contributed by atoms with Crippen LogP contribution in [0.5, 0.6) is 0 Å². The molecule has 0 amide bonds. The van der Waals surface area contributed by atoms with Crippen molar-refractivity contribution < 1.29 is 31.5 Å². The third kappa shape index (κ3) is 7.45. The fraction of sp³-hybridized carbons (Fsp3) is 0.769. The fourth-order valence-electron chi connectivity index (χ4n) is 1.57. The van der Waals surface area contributed by atoms with Crippen LogP contribution in [0.4, 0.5) is 22.0 Å². The Morgan fingerprint density at radius 2 is 1.85 bits per heavy atom. The second-order valence-electron chi connectivity index (χ2n) is 4.52. The highest BCUT2D eigenvalue weighted by atomic mass is 19.3. The van der Waals surface area contributed by atoms with E-state index in [1.807, 2.05) is 6.92 Å². The highest BCUT2D eigenvalue weighted by molar-refractivity contribution is 5.81. The van der Waals surface area contributed by atoms with Crippen LogP contribution in [0.25, 0.3) is 0 Å². The van der Waals surface area contributed by atoms with E-state index in [1.165, 1.54) is 0 Å². The average Bonchev–Trinajstić information content (AvgIpc) is 2.32. The summed E-state index contributed by atoms with van der Waals surface area (Å²) in [7, 11) is 0. The SMILES string of the molecule is C=CC(=O)OC(F)(F)CC(F)(F)C(F)CCCCCC. The molecule has 0 fully saturated rings. The third-order valence-corrected chi connectivity index (χ3v) is 2.63. The zero-order valence-corrected chi connectivity index (χ0v) is 11.3. The van der Waals surface area contributed by atoms with Crippen LogP contribution < -0.4 is 0 Å². The van der Waals surface area contributed by atoms with Gasteiger partial charge in [-0.25, -0.2) is 18.0 Å². The number of carbonyl (C=O) groups is 1. The van der Waals surface area contributed by atoms with Gasteiger partial charge >= 0.3 is 12.1 Å². The summed E-state index contributed by atoms with van der Waals surface area (Å²) in [6, 6.07) is 0. The van der Waals surface area contributed by atoms with Gasteiger partial charge in [0, 0.05) is 6.08 Å². The van der Waals surface area contributed by atoms with Gasteiger partial charge in [0.2, 0.25) is 0 Å². The molecule has 0 aromatic rings. The highest BCUT2D eigenvalue weighted by Gasteiger charge is 2.51. The number of ether oxygens (including phenoxy) is 1. The zero-order valence-electron chi connectivity index (χ0n) is 11.3. The lowest BCUT2D eigenvalue weighted by Gasteiger charge is -2.25. The second-order valence-corrected chi connectivity index (χ2v) is 4.52. The van der Waals surface area contributed by atoms with Crippen molar-refractivity contribution in [3.63, 3.8) is 0 Å². The summed E-state index contributed by atoms with van der Waals surface area (Å²) in [5.74, 6) is -5.79. The molecule has 0 spiro atoms. The molecule has 0 N–H and O–H groups in total. The molecule has 2 nitrogen and oxygen atoms in total. The first-order valence-electron chi connectivity index (χ1n) is 6.39. The number of carbonyl (C=O) groups excluding carboxylic acids is 1. The lowest BCUT2D eigenvalue weighted by atomic mass is 10.0. The van der Waals surface area contributed by atoms with Crippen molar-refractivity contribution in [2.45, 2.75) is 63.7 Å². The van der Waals surface area contributed by atoms with Gasteiger partial charge in [0.25, 0.3) is 5.92 Å². The minimum absolute atomic E-state index is 0.197. The number of unbranched alkanes of at least 4 members (excludes halogenated alkanes) is 3. The first-order valence-corrected chi connectivity index (χ1v) is 6.39. The molecule has 118 valence electrons. The van der Waals surface area contributed by atoms with Crippen LogP contribution in [-0.4, -0.2) is 24.2 Å². The number of alkyl halides is 5. The summed E-state index contributed by atoms with van der Waals surface area (Å²) in [6.07, 6.45) is -6.99. The van der Waals surface area contributed by atoms with Crippen molar-refractivity contribution in [3.05, 3.63) is 12.7 Å². The molecular formula is C13H19F5O2. The van der Waals surface area contributed by atoms with Gasteiger partial charge in [0.05, 0.1) is 0 Å². The predicted molar refractivity (Wildman–Crippen MR) is 64.5 cm³/mol. The van der Waals surface area contributed by atoms with E-state index < -0.39 is 37.0 Å². The van der Waals surface area contributed by atoms with Gasteiger partial charge < -0.3 is 4.74 Å². The zero-order chi connectivity index (χ0) is 15.8. The van der Waals surface area contributed by atoms with E-state index in [1.54, 1.807) is 0 Å². The first-order chi connectivity index (χ1) is 9.14. The molecule has 1 unspecified atom stereocenters. The topological polar surface area (TPSA) is 26.3 Å². The molecule has 0 aromatic heterocycles. The molecule has 0 heterocycles. The molecule has 1 atom stereocenters. The van der Waals surface area contributed by atoms with Gasteiger partial charge in [-0.1, -0.05) is 39.2 Å². The van der Waals surface area contributed by atoms with Crippen LogP contribution in [0.15, 0.2) is 12.7 Å². The quantitative estimate of drug-likeness (QED) is 0.254. The molecule has 0 aliphatic rings. The largest absolute Gasteiger partial charge is 0.405 e. The number of esters is 1. The summed E-state index contributed by atoms with van der Waals surface area (Å²) in [5, 5.41) is 0. The van der Waals surface area contributed by atoms with E-state index in [0.29, 0.717) is 12.5 Å². The van der Waals surface area contributed by atoms with E-state index >= 15 is 0 Å². The molecule has 7 heteroatoms. The van der Waals surface area contributed by atoms with Crippen LogP contribution in [0.2, 0.25) is 0 Å². The average molecular weight is 302 g/mol. The maximum Gasteiger partial charge on any atom is 0.405 e. The molecule has 0 aromatic carbocycles. The lowest BCUT2D eigenvalue weighted by Crippen LogP contribution is -2.39. The molecule has 0 aliphatic carbocycles. The summed E-state index contributed by atoms with van der Waals surface area (Å²) < 4.78 is 69.4. The normalized spacial score (nSPS) is 13.9. The van der Waals surface area contributed by atoms with Gasteiger partial charge in [-0.05, 0) is 6.42 Å². The highest BCUT2D eigenvalue weighted by Crippen LogP contribution is 2.37. The number of rotatable bonds is 10. The maximum atomic E-state index is 13.3. The van der Waals surface area contributed by atoms with E-state index in [2.05, 4.69) is 11.3 Å². The van der Waals surface area contributed by atoms with E-state index in [-0.39, 0.29) is 6.42 Å². The van der Waals surface area contributed by atoms with E-state index in [0.717, 1.165) is 12.8 Å². The van der Waals surface area contributed by atoms with Crippen LogP contribution >= 0.6 is 0 Å². The van der Waals surface area contributed by atoms with Gasteiger partial charge in [-0.15, -0.1) is 0 Å². The predicted octanol–water partition coefficient (Wildman–Crippen LogP) is 4.64. The Labute approximate surface area is 115 Å². The van der Waals surface area contributed by atoms with Gasteiger partial charge in [0.1, 0.15) is 6.42 Å². The Morgan fingerprint density at radius 3 is 2.35 bits per heavy atom. The Kier molecular flexibility index (Phi) is 7.75. The van der Waals surface area contributed by atoms with Gasteiger partial charge in [-0.3, -0.25) is 0 Å². The van der Waals surface area contributed by atoms with Crippen molar-refractivity contribution in [1.82, 2.24) is 0 Å². The monoisotopic (exact) mass is 302 g/mol.